The zero-order valence-electron chi connectivity index (χ0n) is 10.9. The van der Waals surface area contributed by atoms with Crippen molar-refractivity contribution in [1.82, 2.24) is 0 Å². The van der Waals surface area contributed by atoms with Gasteiger partial charge < -0.3 is 19.5 Å². The molecule has 3 aliphatic rings. The molecule has 1 aromatic carbocycles. The van der Waals surface area contributed by atoms with Crippen LogP contribution in [0.25, 0.3) is 0 Å². The van der Waals surface area contributed by atoms with Crippen molar-refractivity contribution in [3.05, 3.63) is 41.4 Å². The summed E-state index contributed by atoms with van der Waals surface area (Å²) in [5.41, 5.74) is -0.205. The first-order chi connectivity index (χ1) is 10.0. The summed E-state index contributed by atoms with van der Waals surface area (Å²) in [6, 6.07) is 6.92. The molecule has 0 unspecified atom stereocenters. The van der Waals surface area contributed by atoms with E-state index in [-0.39, 0.29) is 5.91 Å². The molecule has 2 bridgehead atoms. The second-order valence-electron chi connectivity index (χ2n) is 5.62. The Morgan fingerprint density at radius 1 is 1.48 bits per heavy atom. The van der Waals surface area contributed by atoms with Gasteiger partial charge in [-0.15, -0.1) is 0 Å². The Morgan fingerprint density at radius 3 is 3.00 bits per heavy atom. The molecule has 21 heavy (non-hydrogen) atoms. The van der Waals surface area contributed by atoms with Crippen LogP contribution in [0.5, 0.6) is 0 Å². The summed E-state index contributed by atoms with van der Waals surface area (Å²) >= 11 is 5.96. The summed E-state index contributed by atoms with van der Waals surface area (Å²) in [6.45, 7) is 0.299. The molecule has 5 nitrogen and oxygen atoms in total. The number of amides is 1. The smallest absolute Gasteiger partial charge is 0.234 e. The monoisotopic (exact) mass is 304 g/mol. The first-order valence-corrected chi connectivity index (χ1v) is 7.05. The average molecular weight is 305 g/mol. The molecular weight excluding hydrogens is 294 g/mol. The maximum Gasteiger partial charge on any atom is 0.234 e. The molecule has 1 aromatic rings. The quantitative estimate of drug-likeness (QED) is 0.741. The second-order valence-corrected chi connectivity index (χ2v) is 6.06. The number of hydrogen-bond acceptors (Lipinski definition) is 4. The van der Waals surface area contributed by atoms with Crippen molar-refractivity contribution < 1.29 is 19.4 Å². The van der Waals surface area contributed by atoms with Gasteiger partial charge in [0, 0.05) is 22.6 Å². The molecule has 2 fully saturated rings. The van der Waals surface area contributed by atoms with E-state index >= 15 is 0 Å². The summed E-state index contributed by atoms with van der Waals surface area (Å²) < 4.78 is 5.78. The summed E-state index contributed by atoms with van der Waals surface area (Å²) in [7, 11) is 0. The van der Waals surface area contributed by atoms with Gasteiger partial charge in [0.15, 0.2) is 0 Å². The molecule has 1 spiro atoms. The zero-order valence-corrected chi connectivity index (χ0v) is 11.6. The molecule has 2 saturated heterocycles. The van der Waals surface area contributed by atoms with Crippen molar-refractivity contribution in [3.8, 4) is 0 Å². The molecule has 4 rings (SSSR count). The van der Waals surface area contributed by atoms with Crippen molar-refractivity contribution in [2.75, 3.05) is 11.4 Å². The molecule has 3 aliphatic heterocycles. The highest BCUT2D eigenvalue weighted by Crippen LogP contribution is 2.52. The Labute approximate surface area is 125 Å². The summed E-state index contributed by atoms with van der Waals surface area (Å²) in [5, 5.41) is 11.9. The van der Waals surface area contributed by atoms with Crippen LogP contribution in [0.2, 0.25) is 5.02 Å². The van der Waals surface area contributed by atoms with Crippen LogP contribution in [-0.4, -0.2) is 30.1 Å². The average Bonchev–Trinajstić information content (AvgIpc) is 3.07. The Morgan fingerprint density at radius 2 is 2.29 bits per heavy atom. The number of anilines is 1. The minimum Gasteiger partial charge on any atom is -0.550 e. The van der Waals surface area contributed by atoms with Crippen LogP contribution >= 0.6 is 11.6 Å². The van der Waals surface area contributed by atoms with Crippen LogP contribution in [-0.2, 0) is 14.3 Å². The van der Waals surface area contributed by atoms with Crippen LogP contribution in [0, 0.1) is 11.8 Å². The van der Waals surface area contributed by atoms with Crippen LogP contribution in [0.15, 0.2) is 36.4 Å². The Kier molecular flexibility index (Phi) is 2.50. The van der Waals surface area contributed by atoms with Crippen molar-refractivity contribution in [1.29, 1.82) is 0 Å². The van der Waals surface area contributed by atoms with E-state index < -0.39 is 29.5 Å². The predicted molar refractivity (Wildman–Crippen MR) is 72.5 cm³/mol. The number of carbonyl (C=O) groups excluding carboxylic acids is 2. The molecule has 108 valence electrons. The van der Waals surface area contributed by atoms with Gasteiger partial charge in [0.1, 0.15) is 5.60 Å². The number of nitrogens with zero attached hydrogens (tertiary/aromatic N) is 1. The number of aliphatic carboxylic acids is 1. The topological polar surface area (TPSA) is 69.7 Å². The lowest BCUT2D eigenvalue weighted by Crippen LogP contribution is -2.45. The van der Waals surface area contributed by atoms with Crippen LogP contribution in [0.3, 0.4) is 0 Å². The molecule has 0 N–H and O–H groups in total. The number of halogens is 1. The lowest BCUT2D eigenvalue weighted by Gasteiger charge is -2.24. The number of carbonyl (C=O) groups is 2. The van der Waals surface area contributed by atoms with Gasteiger partial charge in [-0.3, -0.25) is 4.79 Å². The van der Waals surface area contributed by atoms with Crippen molar-refractivity contribution in [2.45, 2.75) is 11.7 Å². The minimum atomic E-state index is -1.24. The first kappa shape index (κ1) is 12.9. The number of benzene rings is 1. The number of ether oxygens (including phenoxy) is 1. The molecule has 0 saturated carbocycles. The highest BCUT2D eigenvalue weighted by atomic mass is 35.5. The number of carboxylic acid groups (broad SMARTS) is 1. The molecule has 1 amide bonds. The highest BCUT2D eigenvalue weighted by molar-refractivity contribution is 6.31. The van der Waals surface area contributed by atoms with Gasteiger partial charge >= 0.3 is 0 Å². The second kappa shape index (κ2) is 4.08. The van der Waals surface area contributed by atoms with E-state index in [0.29, 0.717) is 17.3 Å². The Hall–Kier alpha value is -1.85. The molecule has 6 heteroatoms. The van der Waals surface area contributed by atoms with Gasteiger partial charge in [0.2, 0.25) is 5.91 Å². The van der Waals surface area contributed by atoms with E-state index in [0.717, 1.165) is 0 Å². The molecule has 0 aliphatic carbocycles. The van der Waals surface area contributed by atoms with Crippen molar-refractivity contribution in [3.63, 3.8) is 0 Å². The van der Waals surface area contributed by atoms with Gasteiger partial charge in [-0.25, -0.2) is 0 Å². The number of fused-ring (bicyclic) bond motifs is 1. The Bertz CT molecular complexity index is 688. The van der Waals surface area contributed by atoms with Crippen molar-refractivity contribution in [2.24, 2.45) is 11.8 Å². The van der Waals surface area contributed by atoms with Gasteiger partial charge in [0.05, 0.1) is 18.6 Å². The fourth-order valence-electron chi connectivity index (χ4n) is 3.63. The van der Waals surface area contributed by atoms with Gasteiger partial charge in [-0.2, -0.15) is 0 Å². The number of rotatable bonds is 2. The molecule has 4 atom stereocenters. The molecular formula is C15H11ClNO4-. The van der Waals surface area contributed by atoms with E-state index in [9.17, 15) is 14.7 Å². The fourth-order valence-corrected chi connectivity index (χ4v) is 3.81. The van der Waals surface area contributed by atoms with E-state index in [1.54, 1.807) is 35.2 Å². The highest BCUT2D eigenvalue weighted by Gasteiger charge is 2.65. The number of hydrogen-bond donors (Lipinski definition) is 0. The zero-order chi connectivity index (χ0) is 14.8. The lowest BCUT2D eigenvalue weighted by atomic mass is 9.77. The van der Waals surface area contributed by atoms with Gasteiger partial charge in [0.25, 0.3) is 0 Å². The SMILES string of the molecule is O=C([O-])[C@H]1[C@H]2C(=O)N(c3cccc(Cl)c3)C[C@@]23C=C[C@H]1O3. The van der Waals surface area contributed by atoms with Crippen LogP contribution < -0.4 is 10.0 Å². The lowest BCUT2D eigenvalue weighted by molar-refractivity contribution is -0.313. The molecule has 0 aromatic heterocycles. The standard InChI is InChI=1S/C15H12ClNO4/c16-8-2-1-3-9(6-8)17-7-15-5-4-10(21-15)11(14(19)20)12(15)13(17)18/h1-6,10-12H,7H2,(H,19,20)/p-1/t10-,11-,12+,15+/m1/s1. The van der Waals surface area contributed by atoms with Crippen molar-refractivity contribution >= 4 is 29.2 Å². The minimum absolute atomic E-state index is 0.252. The maximum atomic E-state index is 12.7. The maximum absolute atomic E-state index is 12.7. The third-order valence-electron chi connectivity index (χ3n) is 4.49. The summed E-state index contributed by atoms with van der Waals surface area (Å²) in [6.07, 6.45) is 2.96. The van der Waals surface area contributed by atoms with Crippen LogP contribution in [0.1, 0.15) is 0 Å². The Balaban J connectivity index is 1.75. The third-order valence-corrected chi connectivity index (χ3v) is 4.73. The fraction of sp³-hybridized carbons (Fsp3) is 0.333. The van der Waals surface area contributed by atoms with E-state index in [1.807, 2.05) is 6.08 Å². The van der Waals surface area contributed by atoms with E-state index in [1.165, 1.54) is 0 Å². The predicted octanol–water partition coefficient (Wildman–Crippen LogP) is 0.376. The third kappa shape index (κ3) is 1.61. The largest absolute Gasteiger partial charge is 0.550 e. The number of carboxylic acids is 1. The summed E-state index contributed by atoms with van der Waals surface area (Å²) in [4.78, 5) is 25.6. The van der Waals surface area contributed by atoms with Gasteiger partial charge in [-0.05, 0) is 18.2 Å². The summed E-state index contributed by atoms with van der Waals surface area (Å²) in [5.74, 6) is -3.14. The molecule has 3 heterocycles. The van der Waals surface area contributed by atoms with Gasteiger partial charge in [-0.1, -0.05) is 29.8 Å². The van der Waals surface area contributed by atoms with E-state index in [2.05, 4.69) is 0 Å². The first-order valence-electron chi connectivity index (χ1n) is 6.67. The van der Waals surface area contributed by atoms with E-state index in [4.69, 9.17) is 16.3 Å². The molecule has 0 radical (unpaired) electrons. The van der Waals surface area contributed by atoms with Crippen LogP contribution in [0.4, 0.5) is 5.69 Å². The normalized spacial score (nSPS) is 36.3.